The predicted octanol–water partition coefficient (Wildman–Crippen LogP) is -0.325. The average molecular weight is 402 g/mol. The maximum absolute atomic E-state index is 12.5. The number of benzene rings is 2. The van der Waals surface area contributed by atoms with Crippen LogP contribution >= 0.6 is 0 Å². The van der Waals surface area contributed by atoms with Crippen molar-refractivity contribution in [2.45, 2.75) is 24.0 Å². The summed E-state index contributed by atoms with van der Waals surface area (Å²) in [5.74, 6) is -0.519. The van der Waals surface area contributed by atoms with Gasteiger partial charge in [0.2, 0.25) is 0 Å². The van der Waals surface area contributed by atoms with E-state index in [1.165, 1.54) is 25.4 Å². The number of nitrogens with zero attached hydrogens (tertiary/aromatic N) is 2. The predicted molar refractivity (Wildman–Crippen MR) is 103 cm³/mol. The molecular formula is C18H20N5O4S+. The van der Waals surface area contributed by atoms with Gasteiger partial charge in [0.05, 0.1) is 10.4 Å². The van der Waals surface area contributed by atoms with E-state index in [4.69, 9.17) is 5.73 Å². The van der Waals surface area contributed by atoms with Crippen molar-refractivity contribution >= 4 is 32.7 Å². The van der Waals surface area contributed by atoms with E-state index >= 15 is 0 Å². The Morgan fingerprint density at radius 3 is 2.61 bits per heavy atom. The third-order valence-corrected chi connectivity index (χ3v) is 5.64. The molecule has 0 aliphatic rings. The Kier molecular flexibility index (Phi) is 5.27. The van der Waals surface area contributed by atoms with Crippen LogP contribution in [0, 0.1) is 0 Å². The van der Waals surface area contributed by atoms with Crippen molar-refractivity contribution in [3.63, 3.8) is 0 Å². The number of aromatic nitrogens is 2. The highest BCUT2D eigenvalue weighted by Crippen LogP contribution is 2.26. The molecule has 0 aliphatic carbocycles. The smallest absolute Gasteiger partial charge is 0.294 e. The lowest BCUT2D eigenvalue weighted by Gasteiger charge is -2.13. The standard InChI is InChI=1S/C18H19N5O4S/c1-10(24)16(19)18(25)23-28(26,27)13-4-2-3-11(7-13)12-5-6-14-15(8-12)21-9-22-17(14)20/h2-10,16,24H,19H2,1H3,(H,23,25)(H2,20,21,22)/p+1/t10-,16+/m1/s1. The fourth-order valence-corrected chi connectivity index (χ4v) is 3.66. The zero-order valence-electron chi connectivity index (χ0n) is 15.0. The summed E-state index contributed by atoms with van der Waals surface area (Å²) in [5.41, 5.74) is 11.3. The number of aliphatic hydroxyl groups is 1. The summed E-state index contributed by atoms with van der Waals surface area (Å²) in [6.45, 7) is 1.36. The first-order valence-corrected chi connectivity index (χ1v) is 9.86. The number of hydrogen-bond acceptors (Lipinski definition) is 7. The number of amides is 1. The highest BCUT2D eigenvalue weighted by atomic mass is 32.2. The van der Waals surface area contributed by atoms with Gasteiger partial charge in [-0.3, -0.25) is 4.79 Å². The Bertz CT molecular complexity index is 1150. The summed E-state index contributed by atoms with van der Waals surface area (Å²) in [4.78, 5) is 20.0. The second-order valence-electron chi connectivity index (χ2n) is 6.34. The maximum atomic E-state index is 12.5. The normalized spacial score (nSPS) is 13.8. The largest absolute Gasteiger partial charge is 0.387 e. The molecule has 146 valence electrons. The molecule has 10 heteroatoms. The van der Waals surface area contributed by atoms with Crippen molar-refractivity contribution in [3.8, 4) is 11.1 Å². The molecule has 0 saturated heterocycles. The molecule has 1 aromatic heterocycles. The lowest BCUT2D eigenvalue weighted by molar-refractivity contribution is -0.419. The van der Waals surface area contributed by atoms with Gasteiger partial charge in [0.15, 0.2) is 6.04 Å². The van der Waals surface area contributed by atoms with E-state index < -0.39 is 28.1 Å². The third kappa shape index (κ3) is 3.93. The van der Waals surface area contributed by atoms with Crippen LogP contribution in [0.25, 0.3) is 22.0 Å². The van der Waals surface area contributed by atoms with Crippen LogP contribution in [0.1, 0.15) is 6.92 Å². The number of rotatable bonds is 5. The van der Waals surface area contributed by atoms with Crippen molar-refractivity contribution < 1.29 is 24.1 Å². The molecule has 0 spiro atoms. The molecule has 0 bridgehead atoms. The number of carbonyl (C=O) groups excluding carboxylic acids is 1. The Morgan fingerprint density at radius 1 is 1.18 bits per heavy atom. The molecular weight excluding hydrogens is 382 g/mol. The van der Waals surface area contributed by atoms with E-state index in [-0.39, 0.29) is 4.90 Å². The van der Waals surface area contributed by atoms with Gasteiger partial charge in [-0.05, 0) is 42.3 Å². The topological polar surface area (TPSA) is 163 Å². The summed E-state index contributed by atoms with van der Waals surface area (Å²) in [6.07, 6.45) is 0.281. The first-order valence-electron chi connectivity index (χ1n) is 8.37. The number of nitrogen functional groups attached to an aromatic ring is 1. The SMILES string of the molecule is C[C@@H](O)[C@H]([NH3+])C(=O)NS(=O)(=O)c1cccc(-c2ccc3c(N)ncnc3c2)c1. The van der Waals surface area contributed by atoms with Crippen LogP contribution in [0.2, 0.25) is 0 Å². The van der Waals surface area contributed by atoms with Crippen LogP contribution in [0.4, 0.5) is 5.82 Å². The molecule has 2 atom stereocenters. The first kappa shape index (κ1) is 19.7. The van der Waals surface area contributed by atoms with Gasteiger partial charge in [-0.25, -0.2) is 23.1 Å². The molecule has 28 heavy (non-hydrogen) atoms. The Balaban J connectivity index is 1.95. The number of quaternary nitrogens is 1. The van der Waals surface area contributed by atoms with Gasteiger partial charge in [0, 0.05) is 5.39 Å². The molecule has 3 rings (SSSR count). The van der Waals surface area contributed by atoms with E-state index in [0.717, 1.165) is 5.56 Å². The van der Waals surface area contributed by atoms with Gasteiger partial charge in [0.1, 0.15) is 18.2 Å². The summed E-state index contributed by atoms with van der Waals surface area (Å²) >= 11 is 0. The molecule has 0 fully saturated rings. The van der Waals surface area contributed by atoms with Crippen molar-refractivity contribution in [2.75, 3.05) is 5.73 Å². The van der Waals surface area contributed by atoms with Gasteiger partial charge in [-0.15, -0.1) is 0 Å². The van der Waals surface area contributed by atoms with Gasteiger partial charge < -0.3 is 16.6 Å². The van der Waals surface area contributed by atoms with Gasteiger partial charge in [-0.1, -0.05) is 18.2 Å². The van der Waals surface area contributed by atoms with Crippen molar-refractivity contribution in [1.29, 1.82) is 0 Å². The number of sulfonamides is 1. The van der Waals surface area contributed by atoms with E-state index in [1.807, 2.05) is 4.72 Å². The van der Waals surface area contributed by atoms with Crippen LogP contribution in [-0.2, 0) is 14.8 Å². The average Bonchev–Trinajstić information content (AvgIpc) is 2.67. The molecule has 0 aliphatic heterocycles. The summed E-state index contributed by atoms with van der Waals surface area (Å²) in [5, 5.41) is 10.1. The molecule has 0 radical (unpaired) electrons. The maximum Gasteiger partial charge on any atom is 0.294 e. The van der Waals surface area contributed by atoms with Crippen LogP contribution in [0.5, 0.6) is 0 Å². The highest BCUT2D eigenvalue weighted by Gasteiger charge is 2.28. The third-order valence-electron chi connectivity index (χ3n) is 4.30. The van der Waals surface area contributed by atoms with Crippen molar-refractivity contribution in [3.05, 3.63) is 48.8 Å². The van der Waals surface area contributed by atoms with Gasteiger partial charge >= 0.3 is 0 Å². The highest BCUT2D eigenvalue weighted by molar-refractivity contribution is 7.90. The first-order chi connectivity index (χ1) is 13.2. The molecule has 0 saturated carbocycles. The van der Waals surface area contributed by atoms with Gasteiger partial charge in [0.25, 0.3) is 15.9 Å². The Hall–Kier alpha value is -3.08. The number of hydrogen-bond donors (Lipinski definition) is 4. The lowest BCUT2D eigenvalue weighted by atomic mass is 10.0. The van der Waals surface area contributed by atoms with E-state index in [1.54, 1.807) is 30.3 Å². The summed E-state index contributed by atoms with van der Waals surface area (Å²) in [7, 11) is -4.11. The Morgan fingerprint density at radius 2 is 1.89 bits per heavy atom. The number of aliphatic hydroxyl groups excluding tert-OH is 1. The number of nitrogens with two attached hydrogens (primary N) is 1. The zero-order chi connectivity index (χ0) is 20.5. The molecule has 0 unspecified atom stereocenters. The number of anilines is 1. The van der Waals surface area contributed by atoms with Crippen LogP contribution in [0.15, 0.2) is 53.7 Å². The van der Waals surface area contributed by atoms with Crippen LogP contribution in [0.3, 0.4) is 0 Å². The minimum atomic E-state index is -4.11. The van der Waals surface area contributed by atoms with Crippen LogP contribution in [-0.4, -0.2) is 41.5 Å². The lowest BCUT2D eigenvalue weighted by Crippen LogP contribution is -2.72. The molecule has 1 amide bonds. The van der Waals surface area contributed by atoms with E-state index in [2.05, 4.69) is 15.7 Å². The monoisotopic (exact) mass is 402 g/mol. The summed E-state index contributed by atoms with van der Waals surface area (Å²) < 4.78 is 27.0. The minimum Gasteiger partial charge on any atom is -0.387 e. The van der Waals surface area contributed by atoms with Gasteiger partial charge in [-0.2, -0.15) is 0 Å². The molecule has 2 aromatic carbocycles. The molecule has 3 aromatic rings. The van der Waals surface area contributed by atoms with Crippen molar-refractivity contribution in [1.82, 2.24) is 14.7 Å². The summed E-state index contributed by atoms with van der Waals surface area (Å²) in [6, 6.07) is 10.4. The zero-order valence-corrected chi connectivity index (χ0v) is 15.8. The van der Waals surface area contributed by atoms with E-state index in [9.17, 15) is 18.3 Å². The second kappa shape index (κ2) is 7.50. The van der Waals surface area contributed by atoms with Crippen LogP contribution < -0.4 is 16.2 Å². The molecule has 7 N–H and O–H groups in total. The molecule has 1 heterocycles. The molecule has 9 nitrogen and oxygen atoms in total. The second-order valence-corrected chi connectivity index (χ2v) is 8.02. The fourth-order valence-electron chi connectivity index (χ4n) is 2.59. The van der Waals surface area contributed by atoms with Crippen molar-refractivity contribution in [2.24, 2.45) is 0 Å². The number of nitrogens with one attached hydrogen (secondary N) is 1. The van der Waals surface area contributed by atoms with E-state index in [0.29, 0.717) is 22.3 Å². The number of carbonyl (C=O) groups is 1. The fraction of sp³-hybridized carbons (Fsp3) is 0.167. The Labute approximate surface area is 161 Å². The number of fused-ring (bicyclic) bond motifs is 1. The minimum absolute atomic E-state index is 0.0848. The quantitative estimate of drug-likeness (QED) is 0.454.